The molecule has 10 heavy (non-hydrogen) atoms. The van der Waals surface area contributed by atoms with Gasteiger partial charge in [-0.15, -0.1) is 0 Å². The van der Waals surface area contributed by atoms with E-state index in [0.29, 0.717) is 10.8 Å². The Kier molecular flexibility index (Phi) is 1.97. The molecule has 0 aliphatic rings. The lowest BCUT2D eigenvalue weighted by atomic mass is 10.4. The van der Waals surface area contributed by atoms with Gasteiger partial charge in [0.1, 0.15) is 5.82 Å². The van der Waals surface area contributed by atoms with E-state index >= 15 is 0 Å². The third-order valence-corrected chi connectivity index (χ3v) is 1.46. The van der Waals surface area contributed by atoms with Crippen LogP contribution in [0.15, 0.2) is 12.3 Å². The molecule has 1 aromatic rings. The predicted molar refractivity (Wildman–Crippen MR) is 43.2 cm³/mol. The zero-order valence-electron chi connectivity index (χ0n) is 5.56. The van der Waals surface area contributed by atoms with E-state index in [1.165, 1.54) is 0 Å². The van der Waals surface area contributed by atoms with Crippen molar-refractivity contribution in [3.8, 4) is 0 Å². The van der Waals surface area contributed by atoms with E-state index in [1.54, 1.807) is 19.3 Å². The first-order chi connectivity index (χ1) is 4.74. The topological polar surface area (TPSA) is 50.9 Å². The Bertz CT molecular complexity index is 236. The summed E-state index contributed by atoms with van der Waals surface area (Å²) in [4.78, 5) is 3.83. The van der Waals surface area contributed by atoms with Gasteiger partial charge in [0, 0.05) is 7.05 Å². The molecule has 54 valence electrons. The molecular formula is C6H8ClN3. The maximum atomic E-state index is 5.67. The zero-order valence-corrected chi connectivity index (χ0v) is 6.31. The van der Waals surface area contributed by atoms with Gasteiger partial charge in [0.2, 0.25) is 0 Å². The molecule has 0 atom stereocenters. The van der Waals surface area contributed by atoms with E-state index in [1.807, 2.05) is 0 Å². The SMILES string of the molecule is CNc1cnc(N)c(Cl)c1. The standard InChI is InChI=1S/C6H8ClN3/c1-9-4-2-5(7)6(8)10-3-4/h2-3,9H,1H3,(H2,8,10). The van der Waals surface area contributed by atoms with Crippen molar-refractivity contribution in [2.75, 3.05) is 18.1 Å². The highest BCUT2D eigenvalue weighted by atomic mass is 35.5. The number of nitrogen functional groups attached to an aromatic ring is 1. The van der Waals surface area contributed by atoms with Crippen molar-refractivity contribution in [1.82, 2.24) is 4.98 Å². The summed E-state index contributed by atoms with van der Waals surface area (Å²) in [6, 6.07) is 1.73. The van der Waals surface area contributed by atoms with Crippen LogP contribution in [-0.4, -0.2) is 12.0 Å². The normalized spacial score (nSPS) is 9.40. The number of pyridine rings is 1. The first-order valence-corrected chi connectivity index (χ1v) is 3.20. The van der Waals surface area contributed by atoms with Gasteiger partial charge in [0.05, 0.1) is 16.9 Å². The maximum Gasteiger partial charge on any atom is 0.142 e. The van der Waals surface area contributed by atoms with Gasteiger partial charge in [-0.1, -0.05) is 11.6 Å². The molecule has 1 aromatic heterocycles. The Labute approximate surface area is 64.2 Å². The Hall–Kier alpha value is -0.960. The summed E-state index contributed by atoms with van der Waals surface area (Å²) in [6.45, 7) is 0. The second kappa shape index (κ2) is 2.75. The number of anilines is 2. The molecule has 0 fully saturated rings. The van der Waals surface area contributed by atoms with Crippen LogP contribution in [0.25, 0.3) is 0 Å². The molecule has 0 saturated heterocycles. The van der Waals surface area contributed by atoms with Crippen molar-refractivity contribution in [2.24, 2.45) is 0 Å². The van der Waals surface area contributed by atoms with Crippen LogP contribution in [0.4, 0.5) is 11.5 Å². The van der Waals surface area contributed by atoms with Crippen LogP contribution in [-0.2, 0) is 0 Å². The van der Waals surface area contributed by atoms with E-state index in [9.17, 15) is 0 Å². The zero-order chi connectivity index (χ0) is 7.56. The highest BCUT2D eigenvalue weighted by Crippen LogP contribution is 2.18. The van der Waals surface area contributed by atoms with Gasteiger partial charge in [-0.2, -0.15) is 0 Å². The van der Waals surface area contributed by atoms with E-state index in [2.05, 4.69) is 10.3 Å². The van der Waals surface area contributed by atoms with Crippen molar-refractivity contribution in [3.05, 3.63) is 17.3 Å². The number of hydrogen-bond acceptors (Lipinski definition) is 3. The van der Waals surface area contributed by atoms with Crippen molar-refractivity contribution in [1.29, 1.82) is 0 Å². The monoisotopic (exact) mass is 157 g/mol. The number of hydrogen-bond donors (Lipinski definition) is 2. The van der Waals surface area contributed by atoms with Crippen molar-refractivity contribution < 1.29 is 0 Å². The summed E-state index contributed by atoms with van der Waals surface area (Å²) in [7, 11) is 1.80. The lowest BCUT2D eigenvalue weighted by molar-refractivity contribution is 1.32. The summed E-state index contributed by atoms with van der Waals surface area (Å²) < 4.78 is 0. The van der Waals surface area contributed by atoms with E-state index in [0.717, 1.165) is 5.69 Å². The number of rotatable bonds is 1. The van der Waals surface area contributed by atoms with E-state index in [-0.39, 0.29) is 0 Å². The second-order valence-electron chi connectivity index (χ2n) is 1.84. The van der Waals surface area contributed by atoms with Crippen LogP contribution in [0.1, 0.15) is 0 Å². The van der Waals surface area contributed by atoms with Gasteiger partial charge in [-0.3, -0.25) is 0 Å². The summed E-state index contributed by atoms with van der Waals surface area (Å²) >= 11 is 5.67. The highest BCUT2D eigenvalue weighted by molar-refractivity contribution is 6.33. The molecule has 3 N–H and O–H groups in total. The maximum absolute atomic E-state index is 5.67. The fourth-order valence-electron chi connectivity index (χ4n) is 0.585. The first kappa shape index (κ1) is 7.15. The van der Waals surface area contributed by atoms with Gasteiger partial charge in [0.25, 0.3) is 0 Å². The third kappa shape index (κ3) is 1.30. The quantitative estimate of drug-likeness (QED) is 0.647. The molecular weight excluding hydrogens is 150 g/mol. The first-order valence-electron chi connectivity index (χ1n) is 2.83. The van der Waals surface area contributed by atoms with Crippen LogP contribution < -0.4 is 11.1 Å². The number of nitrogens with two attached hydrogens (primary N) is 1. The minimum atomic E-state index is 0.362. The summed E-state index contributed by atoms with van der Waals surface area (Å²) in [6.07, 6.45) is 1.63. The Balaban J connectivity index is 3.04. The molecule has 1 rings (SSSR count). The number of nitrogens with one attached hydrogen (secondary N) is 1. The van der Waals surface area contributed by atoms with Crippen LogP contribution in [0.3, 0.4) is 0 Å². The number of halogens is 1. The van der Waals surface area contributed by atoms with E-state index in [4.69, 9.17) is 17.3 Å². The molecule has 4 heteroatoms. The van der Waals surface area contributed by atoms with Crippen molar-refractivity contribution in [2.45, 2.75) is 0 Å². The molecule has 0 amide bonds. The summed E-state index contributed by atoms with van der Waals surface area (Å²) in [5.74, 6) is 0.362. The molecule has 0 saturated carbocycles. The summed E-state index contributed by atoms with van der Waals surface area (Å²) in [5, 5.41) is 3.37. The second-order valence-corrected chi connectivity index (χ2v) is 2.25. The Morgan fingerprint density at radius 2 is 2.40 bits per heavy atom. The van der Waals surface area contributed by atoms with Gasteiger partial charge in [-0.25, -0.2) is 4.98 Å². The van der Waals surface area contributed by atoms with E-state index < -0.39 is 0 Å². The third-order valence-electron chi connectivity index (χ3n) is 1.16. The molecule has 0 bridgehead atoms. The van der Waals surface area contributed by atoms with Crippen LogP contribution in [0.5, 0.6) is 0 Å². The Morgan fingerprint density at radius 1 is 1.70 bits per heavy atom. The van der Waals surface area contributed by atoms with Gasteiger partial charge in [0.15, 0.2) is 0 Å². The molecule has 0 unspecified atom stereocenters. The van der Waals surface area contributed by atoms with Crippen molar-refractivity contribution >= 4 is 23.1 Å². The number of nitrogens with zero attached hydrogens (tertiary/aromatic N) is 1. The summed E-state index contributed by atoms with van der Waals surface area (Å²) in [5.41, 5.74) is 6.23. The van der Waals surface area contributed by atoms with Crippen molar-refractivity contribution in [3.63, 3.8) is 0 Å². The lowest BCUT2D eigenvalue weighted by Crippen LogP contribution is -1.94. The molecule has 1 heterocycles. The Morgan fingerprint density at radius 3 is 2.90 bits per heavy atom. The predicted octanol–water partition coefficient (Wildman–Crippen LogP) is 1.36. The van der Waals surface area contributed by atoms with Crippen LogP contribution in [0, 0.1) is 0 Å². The lowest BCUT2D eigenvalue weighted by Gasteiger charge is -2.00. The van der Waals surface area contributed by atoms with Gasteiger partial charge in [-0.05, 0) is 6.07 Å². The molecule has 0 aliphatic heterocycles. The molecule has 0 aromatic carbocycles. The van der Waals surface area contributed by atoms with Gasteiger partial charge < -0.3 is 11.1 Å². The molecule has 0 spiro atoms. The molecule has 0 aliphatic carbocycles. The van der Waals surface area contributed by atoms with Crippen LogP contribution in [0.2, 0.25) is 5.02 Å². The highest BCUT2D eigenvalue weighted by Gasteiger charge is 1.96. The average Bonchev–Trinajstić information content (AvgIpc) is 1.95. The number of aromatic nitrogens is 1. The molecule has 0 radical (unpaired) electrons. The average molecular weight is 158 g/mol. The fraction of sp³-hybridized carbons (Fsp3) is 0.167. The smallest absolute Gasteiger partial charge is 0.142 e. The largest absolute Gasteiger partial charge is 0.387 e. The fourth-order valence-corrected chi connectivity index (χ4v) is 0.752. The minimum Gasteiger partial charge on any atom is -0.387 e. The van der Waals surface area contributed by atoms with Gasteiger partial charge >= 0.3 is 0 Å². The minimum absolute atomic E-state index is 0.362. The molecule has 3 nitrogen and oxygen atoms in total. The van der Waals surface area contributed by atoms with Crippen LogP contribution >= 0.6 is 11.6 Å².